The number of anilines is 3. The van der Waals surface area contributed by atoms with Crippen LogP contribution in [0.4, 0.5) is 17.1 Å². The van der Waals surface area contributed by atoms with E-state index in [9.17, 15) is 14.7 Å². The van der Waals surface area contributed by atoms with Gasteiger partial charge in [-0.1, -0.05) is 60.7 Å². The molecule has 2 heterocycles. The summed E-state index contributed by atoms with van der Waals surface area (Å²) in [5, 5.41) is 32.1. The van der Waals surface area contributed by atoms with Crippen LogP contribution in [0, 0.1) is 5.92 Å². The van der Waals surface area contributed by atoms with E-state index in [0.717, 1.165) is 5.69 Å². The fourth-order valence-electron chi connectivity index (χ4n) is 4.90. The highest BCUT2D eigenvalue weighted by Gasteiger charge is 2.53. The lowest BCUT2D eigenvalue weighted by molar-refractivity contribution is -0.138. The number of hydrogen-bond acceptors (Lipinski definition) is 6. The summed E-state index contributed by atoms with van der Waals surface area (Å²) in [5.41, 5.74) is 1.49. The van der Waals surface area contributed by atoms with E-state index >= 15 is 0 Å². The Labute approximate surface area is 232 Å². The third-order valence-corrected chi connectivity index (χ3v) is 7.05. The molecule has 1 aromatic heterocycles. The van der Waals surface area contributed by atoms with Gasteiger partial charge in [0.1, 0.15) is 0 Å². The first-order valence-electron chi connectivity index (χ1n) is 13.2. The molecule has 0 spiro atoms. The van der Waals surface area contributed by atoms with Crippen LogP contribution in [-0.2, 0) is 23.4 Å². The van der Waals surface area contributed by atoms with Crippen molar-refractivity contribution in [2.45, 2.75) is 31.9 Å². The van der Waals surface area contributed by atoms with Gasteiger partial charge in [0.2, 0.25) is 0 Å². The number of aliphatic hydroxyl groups excluding tert-OH is 1. The van der Waals surface area contributed by atoms with Gasteiger partial charge in [0, 0.05) is 54.2 Å². The summed E-state index contributed by atoms with van der Waals surface area (Å²) in [6.45, 7) is 2.38. The minimum absolute atomic E-state index is 0.0157. The number of aromatic nitrogens is 3. The second-order valence-electron chi connectivity index (χ2n) is 9.75. The smallest absolute Gasteiger partial charge is 0.268 e. The van der Waals surface area contributed by atoms with Crippen LogP contribution in [0.2, 0.25) is 0 Å². The highest BCUT2D eigenvalue weighted by molar-refractivity contribution is 6.13. The van der Waals surface area contributed by atoms with Crippen molar-refractivity contribution in [2.24, 2.45) is 5.92 Å². The first-order valence-corrected chi connectivity index (χ1v) is 13.2. The molecule has 2 atom stereocenters. The number of rotatable bonds is 10. The van der Waals surface area contributed by atoms with Crippen LogP contribution in [0.3, 0.4) is 0 Å². The summed E-state index contributed by atoms with van der Waals surface area (Å²) in [4.78, 5) is 28.2. The van der Waals surface area contributed by atoms with E-state index in [0.29, 0.717) is 47.6 Å². The summed E-state index contributed by atoms with van der Waals surface area (Å²) >= 11 is 0. The quantitative estimate of drug-likeness (QED) is 0.261. The normalized spacial score (nSPS) is 17.3. The molecule has 0 fully saturated rings. The second-order valence-corrected chi connectivity index (χ2v) is 9.75. The Morgan fingerprint density at radius 3 is 2.52 bits per heavy atom. The molecule has 0 unspecified atom stereocenters. The van der Waals surface area contributed by atoms with Crippen LogP contribution in [0.1, 0.15) is 35.0 Å². The van der Waals surface area contributed by atoms with Crippen molar-refractivity contribution in [3.05, 3.63) is 114 Å². The van der Waals surface area contributed by atoms with E-state index in [1.807, 2.05) is 48.6 Å². The zero-order valence-corrected chi connectivity index (χ0v) is 22.1. The highest BCUT2D eigenvalue weighted by atomic mass is 16.3. The van der Waals surface area contributed by atoms with Crippen LogP contribution in [0.5, 0.6) is 0 Å². The molecule has 40 heavy (non-hydrogen) atoms. The summed E-state index contributed by atoms with van der Waals surface area (Å²) in [5.74, 6) is -1.31. The van der Waals surface area contributed by atoms with E-state index in [4.69, 9.17) is 5.11 Å². The third kappa shape index (κ3) is 5.29. The Bertz CT molecular complexity index is 1520. The largest absolute Gasteiger partial charge is 0.396 e. The van der Waals surface area contributed by atoms with Crippen molar-refractivity contribution in [3.8, 4) is 0 Å². The zero-order valence-electron chi connectivity index (χ0n) is 22.1. The first kappa shape index (κ1) is 27.0. The minimum atomic E-state index is -1.85. The molecule has 0 saturated carbocycles. The lowest BCUT2D eigenvalue weighted by Crippen LogP contribution is -2.42. The van der Waals surface area contributed by atoms with Crippen LogP contribution >= 0.6 is 0 Å². The minimum Gasteiger partial charge on any atom is -0.396 e. The van der Waals surface area contributed by atoms with Gasteiger partial charge in [-0.25, -0.2) is 0 Å². The number of nitrogens with one attached hydrogen (secondary N) is 1. The number of amides is 2. The molecule has 1 aliphatic rings. The van der Waals surface area contributed by atoms with Gasteiger partial charge in [0.05, 0.1) is 11.4 Å². The van der Waals surface area contributed by atoms with E-state index in [2.05, 4.69) is 15.6 Å². The van der Waals surface area contributed by atoms with Crippen molar-refractivity contribution in [3.63, 3.8) is 0 Å². The van der Waals surface area contributed by atoms with Crippen molar-refractivity contribution in [1.82, 2.24) is 15.0 Å². The number of nitrogens with zero attached hydrogens (tertiary/aromatic N) is 4. The summed E-state index contributed by atoms with van der Waals surface area (Å²) in [6.07, 6.45) is 6.60. The van der Waals surface area contributed by atoms with Crippen molar-refractivity contribution in [1.29, 1.82) is 0 Å². The SMILES string of the molecule is C[C@H](/C=C/CCn1cc(CCO)nn1)[C@@]1(O)C(=O)N(c2ccccc2)c2ccc(NC(=O)c3ccccc3)cc21. The first-order chi connectivity index (χ1) is 19.4. The number of allylic oxidation sites excluding steroid dienone is 1. The van der Waals surface area contributed by atoms with Crippen LogP contribution < -0.4 is 10.2 Å². The number of hydrogen-bond donors (Lipinski definition) is 3. The molecule has 204 valence electrons. The van der Waals surface area contributed by atoms with Gasteiger partial charge in [-0.3, -0.25) is 19.2 Å². The summed E-state index contributed by atoms with van der Waals surface area (Å²) in [6, 6.07) is 23.2. The molecular weight excluding hydrogens is 506 g/mol. The second kappa shape index (κ2) is 11.6. The lowest BCUT2D eigenvalue weighted by atomic mass is 9.82. The van der Waals surface area contributed by atoms with E-state index in [1.165, 1.54) is 4.90 Å². The molecule has 1 aliphatic heterocycles. The molecule has 0 aliphatic carbocycles. The van der Waals surface area contributed by atoms with Gasteiger partial charge in [0.15, 0.2) is 5.60 Å². The Hall–Kier alpha value is -4.60. The Kier molecular flexibility index (Phi) is 7.86. The zero-order chi connectivity index (χ0) is 28.1. The van der Waals surface area contributed by atoms with Gasteiger partial charge < -0.3 is 15.5 Å². The topological polar surface area (TPSA) is 121 Å². The standard InChI is InChI=1S/C31H31N5O4/c1-22(10-8-9-18-35-21-25(17-19-37)33-34-35)31(40)27-20-24(32-29(38)23-11-4-2-5-12-23)15-16-28(27)36(30(31)39)26-13-6-3-7-14-26/h2-8,10-16,20-22,37,40H,9,17-19H2,1H3,(H,32,38)/b10-8+/t22-,31+/m1/s1. The van der Waals surface area contributed by atoms with E-state index in [-0.39, 0.29) is 12.5 Å². The van der Waals surface area contributed by atoms with Crippen molar-refractivity contribution >= 4 is 28.9 Å². The lowest BCUT2D eigenvalue weighted by Gasteiger charge is -2.27. The molecule has 5 rings (SSSR count). The number of fused-ring (bicyclic) bond motifs is 1. The summed E-state index contributed by atoms with van der Waals surface area (Å²) in [7, 11) is 0. The van der Waals surface area contributed by atoms with Crippen molar-refractivity contribution < 1.29 is 19.8 Å². The maximum absolute atomic E-state index is 13.9. The number of carbonyl (C=O) groups is 2. The number of para-hydroxylation sites is 1. The van der Waals surface area contributed by atoms with Crippen LogP contribution in [0.15, 0.2) is 97.2 Å². The molecular formula is C31H31N5O4. The molecule has 3 N–H and O–H groups in total. The van der Waals surface area contributed by atoms with Crippen molar-refractivity contribution in [2.75, 3.05) is 16.8 Å². The number of aryl methyl sites for hydroxylation is 1. The molecule has 0 bridgehead atoms. The molecule has 4 aromatic rings. The number of carbonyl (C=O) groups excluding carboxylic acids is 2. The van der Waals surface area contributed by atoms with Gasteiger partial charge >= 0.3 is 0 Å². The monoisotopic (exact) mass is 537 g/mol. The van der Waals surface area contributed by atoms with Gasteiger partial charge in [-0.05, 0) is 48.9 Å². The van der Waals surface area contributed by atoms with Crippen LogP contribution in [0.25, 0.3) is 0 Å². The Morgan fingerprint density at radius 1 is 1.07 bits per heavy atom. The molecule has 0 saturated heterocycles. The van der Waals surface area contributed by atoms with E-state index in [1.54, 1.807) is 60.3 Å². The highest BCUT2D eigenvalue weighted by Crippen LogP contribution is 2.49. The average molecular weight is 538 g/mol. The average Bonchev–Trinajstić information content (AvgIpc) is 3.52. The molecule has 2 amide bonds. The maximum atomic E-state index is 13.9. The van der Waals surface area contributed by atoms with Gasteiger partial charge in [0.25, 0.3) is 11.8 Å². The third-order valence-electron chi connectivity index (χ3n) is 7.05. The molecule has 0 radical (unpaired) electrons. The van der Waals surface area contributed by atoms with Gasteiger partial charge in [-0.15, -0.1) is 5.10 Å². The Morgan fingerprint density at radius 2 is 1.80 bits per heavy atom. The fraction of sp³-hybridized carbons (Fsp3) is 0.226. The molecule has 9 heteroatoms. The predicted octanol–water partition coefficient (Wildman–Crippen LogP) is 4.21. The molecule has 9 nitrogen and oxygen atoms in total. The summed E-state index contributed by atoms with van der Waals surface area (Å²) < 4.78 is 1.70. The van der Waals surface area contributed by atoms with E-state index < -0.39 is 17.4 Å². The Balaban J connectivity index is 1.41. The van der Waals surface area contributed by atoms with Crippen LogP contribution in [-0.4, -0.2) is 43.6 Å². The molecule has 3 aromatic carbocycles. The predicted molar refractivity (Wildman–Crippen MR) is 152 cm³/mol. The fourth-order valence-corrected chi connectivity index (χ4v) is 4.90. The van der Waals surface area contributed by atoms with Gasteiger partial charge in [-0.2, -0.15) is 0 Å². The number of benzene rings is 3. The number of aliphatic hydroxyl groups is 2. The maximum Gasteiger partial charge on any atom is 0.268 e.